The molecule has 0 aromatic heterocycles. The second-order valence-electron chi connectivity index (χ2n) is 8.38. The van der Waals surface area contributed by atoms with Crippen LogP contribution < -0.4 is 4.74 Å². The second-order valence-corrected chi connectivity index (χ2v) is 8.38. The van der Waals surface area contributed by atoms with Crippen LogP contribution in [0.5, 0.6) is 5.75 Å². The first-order chi connectivity index (χ1) is 16.7. The predicted octanol–water partition coefficient (Wildman–Crippen LogP) is 5.10. The summed E-state index contributed by atoms with van der Waals surface area (Å²) in [4.78, 5) is 31.3. The lowest BCUT2D eigenvalue weighted by atomic mass is 9.97. The molecule has 0 spiro atoms. The molecule has 3 aliphatic rings. The van der Waals surface area contributed by atoms with Crippen LogP contribution in [0.1, 0.15) is 44.7 Å². The molecule has 0 saturated carbocycles. The van der Waals surface area contributed by atoms with Gasteiger partial charge in [0, 0.05) is 5.56 Å². The summed E-state index contributed by atoms with van der Waals surface area (Å²) in [5, 5.41) is 1.42. The average molecular weight is 456 g/mol. The van der Waals surface area contributed by atoms with Crippen molar-refractivity contribution in [3.05, 3.63) is 113 Å². The fraction of sp³-hybridized carbons (Fsp3) is 0.214. The highest BCUT2D eigenvalue weighted by molar-refractivity contribution is 5.97. The van der Waals surface area contributed by atoms with E-state index in [2.05, 4.69) is 0 Å². The summed E-state index contributed by atoms with van der Waals surface area (Å²) in [6, 6.07) is 23.9. The van der Waals surface area contributed by atoms with Crippen LogP contribution in [0.4, 0.5) is 0 Å². The lowest BCUT2D eigenvalue weighted by molar-refractivity contribution is -0.197. The fourth-order valence-electron chi connectivity index (χ4n) is 4.05. The Labute approximate surface area is 198 Å². The maximum atomic E-state index is 12.9. The molecule has 0 N–H and O–H groups in total. The molecular formula is C28H25NO5. The number of amides is 1. The van der Waals surface area contributed by atoms with Crippen LogP contribution in [-0.2, 0) is 22.8 Å². The minimum Gasteiger partial charge on any atom is -0.489 e. The molecule has 1 amide bonds. The van der Waals surface area contributed by atoms with Gasteiger partial charge < -0.3 is 9.47 Å². The van der Waals surface area contributed by atoms with Crippen LogP contribution in [0.15, 0.2) is 91.0 Å². The van der Waals surface area contributed by atoms with Gasteiger partial charge >= 0.3 is 5.97 Å². The fourth-order valence-corrected chi connectivity index (χ4v) is 4.05. The summed E-state index contributed by atoms with van der Waals surface area (Å²) in [6.45, 7) is 0.615. The van der Waals surface area contributed by atoms with E-state index in [4.69, 9.17) is 14.3 Å². The highest BCUT2D eigenvalue weighted by Gasteiger charge is 2.35. The molecule has 2 bridgehead atoms. The number of nitrogens with zero attached hydrogens (tertiary/aromatic N) is 1. The van der Waals surface area contributed by atoms with Crippen LogP contribution in [0.3, 0.4) is 0 Å². The van der Waals surface area contributed by atoms with E-state index in [9.17, 15) is 9.59 Å². The predicted molar refractivity (Wildman–Crippen MR) is 126 cm³/mol. The quantitative estimate of drug-likeness (QED) is 0.366. The lowest BCUT2D eigenvalue weighted by Gasteiger charge is -2.40. The SMILES string of the molecule is O=C(OCc1ccc(OCc2ccccc2)cc1)c1cccc(C(=O)N2OC3C=CC2CC3)c1. The zero-order valence-corrected chi connectivity index (χ0v) is 18.6. The van der Waals surface area contributed by atoms with Crippen molar-refractivity contribution in [2.45, 2.75) is 38.2 Å². The number of carbonyl (C=O) groups is 2. The summed E-state index contributed by atoms with van der Waals surface area (Å²) >= 11 is 0. The number of ether oxygens (including phenoxy) is 2. The number of hydroxylamine groups is 2. The van der Waals surface area contributed by atoms with Crippen molar-refractivity contribution >= 4 is 11.9 Å². The smallest absolute Gasteiger partial charge is 0.338 e. The minimum absolute atomic E-state index is 0.0581. The van der Waals surface area contributed by atoms with Gasteiger partial charge in [-0.05, 0) is 54.3 Å². The summed E-state index contributed by atoms with van der Waals surface area (Å²) in [5.74, 6) is 0.00782. The van der Waals surface area contributed by atoms with Crippen LogP contribution in [0.25, 0.3) is 0 Å². The molecule has 2 atom stereocenters. The molecule has 6 rings (SSSR count). The first-order valence-corrected chi connectivity index (χ1v) is 11.4. The van der Waals surface area contributed by atoms with Crippen molar-refractivity contribution in [3.63, 3.8) is 0 Å². The number of rotatable bonds is 7. The molecule has 1 fully saturated rings. The Morgan fingerprint density at radius 1 is 0.824 bits per heavy atom. The molecule has 0 radical (unpaired) electrons. The molecule has 6 nitrogen and oxygen atoms in total. The van der Waals surface area contributed by atoms with Crippen molar-refractivity contribution in [2.24, 2.45) is 0 Å². The van der Waals surface area contributed by atoms with Crippen molar-refractivity contribution in [2.75, 3.05) is 0 Å². The molecule has 2 unspecified atom stereocenters. The summed E-state index contributed by atoms with van der Waals surface area (Å²) in [6.07, 6.45) is 5.74. The van der Waals surface area contributed by atoms with Gasteiger partial charge in [-0.15, -0.1) is 0 Å². The molecule has 172 valence electrons. The van der Waals surface area contributed by atoms with E-state index in [1.807, 2.05) is 66.7 Å². The number of hydrogen-bond acceptors (Lipinski definition) is 5. The Bertz CT molecular complexity index is 1190. The third-order valence-electron chi connectivity index (χ3n) is 5.93. The number of carbonyl (C=O) groups excluding carboxylic acids is 2. The summed E-state index contributed by atoms with van der Waals surface area (Å²) in [5.41, 5.74) is 2.66. The standard InChI is InChI=1S/C28H25NO5/c30-27(29-24-11-15-26(34-29)16-12-24)22-7-4-8-23(17-22)28(31)33-19-21-9-13-25(14-10-21)32-18-20-5-2-1-3-6-20/h1-11,13-15,17,24,26H,12,16,18-19H2. The van der Waals surface area contributed by atoms with E-state index >= 15 is 0 Å². The average Bonchev–Trinajstić information content (AvgIpc) is 2.92. The monoisotopic (exact) mass is 455 g/mol. The van der Waals surface area contributed by atoms with Crippen molar-refractivity contribution in [1.82, 2.24) is 5.06 Å². The number of esters is 1. The van der Waals surface area contributed by atoms with Crippen LogP contribution >= 0.6 is 0 Å². The summed E-state index contributed by atoms with van der Waals surface area (Å²) in [7, 11) is 0. The zero-order chi connectivity index (χ0) is 23.3. The Kier molecular flexibility index (Phi) is 6.40. The molecular weight excluding hydrogens is 430 g/mol. The van der Waals surface area contributed by atoms with Crippen LogP contribution in [0.2, 0.25) is 0 Å². The third-order valence-corrected chi connectivity index (χ3v) is 5.93. The van der Waals surface area contributed by atoms with Gasteiger partial charge in [0.25, 0.3) is 5.91 Å². The first kappa shape index (κ1) is 21.9. The normalized spacial score (nSPS) is 18.5. The van der Waals surface area contributed by atoms with Crippen molar-refractivity contribution in [3.8, 4) is 5.75 Å². The Morgan fingerprint density at radius 3 is 2.29 bits per heavy atom. The topological polar surface area (TPSA) is 65.1 Å². The minimum atomic E-state index is -0.486. The number of fused-ring (bicyclic) bond motifs is 2. The van der Waals surface area contributed by atoms with E-state index < -0.39 is 5.97 Å². The third kappa shape index (κ3) is 5.02. The molecule has 34 heavy (non-hydrogen) atoms. The van der Waals surface area contributed by atoms with Gasteiger partial charge in [-0.2, -0.15) is 0 Å². The van der Waals surface area contributed by atoms with Crippen molar-refractivity contribution in [1.29, 1.82) is 0 Å². The lowest BCUT2D eigenvalue weighted by Crippen LogP contribution is -2.48. The largest absolute Gasteiger partial charge is 0.489 e. The van der Waals surface area contributed by atoms with E-state index in [0.29, 0.717) is 17.7 Å². The van der Waals surface area contributed by atoms with E-state index in [-0.39, 0.29) is 24.7 Å². The van der Waals surface area contributed by atoms with E-state index in [0.717, 1.165) is 29.7 Å². The van der Waals surface area contributed by atoms with Gasteiger partial charge in [0.05, 0.1) is 11.6 Å². The van der Waals surface area contributed by atoms with E-state index in [1.165, 1.54) is 5.06 Å². The van der Waals surface area contributed by atoms with Crippen LogP contribution in [-0.4, -0.2) is 29.1 Å². The molecule has 1 aliphatic carbocycles. The highest BCUT2D eigenvalue weighted by Crippen LogP contribution is 2.29. The van der Waals surface area contributed by atoms with Crippen molar-refractivity contribution < 1.29 is 23.9 Å². The Hall–Kier alpha value is -3.90. The molecule has 3 aromatic rings. The van der Waals surface area contributed by atoms with Gasteiger partial charge in [-0.25, -0.2) is 9.86 Å². The molecule has 2 aliphatic heterocycles. The molecule has 1 saturated heterocycles. The maximum Gasteiger partial charge on any atom is 0.338 e. The van der Waals surface area contributed by atoms with Gasteiger partial charge in [-0.1, -0.05) is 60.7 Å². The zero-order valence-electron chi connectivity index (χ0n) is 18.6. The Balaban J connectivity index is 1.16. The first-order valence-electron chi connectivity index (χ1n) is 11.4. The van der Waals surface area contributed by atoms with Gasteiger partial charge in [-0.3, -0.25) is 9.63 Å². The van der Waals surface area contributed by atoms with Gasteiger partial charge in [0.1, 0.15) is 25.1 Å². The van der Waals surface area contributed by atoms with Gasteiger partial charge in [0.2, 0.25) is 0 Å². The number of hydrogen-bond donors (Lipinski definition) is 0. The highest BCUT2D eigenvalue weighted by atomic mass is 16.7. The summed E-state index contributed by atoms with van der Waals surface area (Å²) < 4.78 is 11.3. The van der Waals surface area contributed by atoms with Crippen LogP contribution in [0, 0.1) is 0 Å². The second kappa shape index (κ2) is 9.93. The van der Waals surface area contributed by atoms with Gasteiger partial charge in [0.15, 0.2) is 0 Å². The molecule has 3 aromatic carbocycles. The maximum absolute atomic E-state index is 12.9. The molecule has 2 heterocycles. The Morgan fingerprint density at radius 2 is 1.59 bits per heavy atom. The number of benzene rings is 3. The molecule has 6 heteroatoms. The van der Waals surface area contributed by atoms with E-state index in [1.54, 1.807) is 24.3 Å².